The minimum atomic E-state index is -1.37. The van der Waals surface area contributed by atoms with E-state index in [-0.39, 0.29) is 16.7 Å². The zero-order chi connectivity index (χ0) is 12.6. The maximum Gasteiger partial charge on any atom is 0.338 e. The van der Waals surface area contributed by atoms with Gasteiger partial charge in [-0.15, -0.1) is 0 Å². The van der Waals surface area contributed by atoms with Crippen molar-refractivity contribution in [1.29, 1.82) is 0 Å². The van der Waals surface area contributed by atoms with E-state index >= 15 is 0 Å². The predicted octanol–water partition coefficient (Wildman–Crippen LogP) is 2.04. The maximum atomic E-state index is 13.8. The molecule has 0 amide bonds. The fourth-order valence-corrected chi connectivity index (χ4v) is 1.76. The monoisotopic (exact) mass is 238 g/mol. The van der Waals surface area contributed by atoms with Crippen molar-refractivity contribution in [2.45, 2.75) is 19.2 Å². The van der Waals surface area contributed by atoms with Crippen LogP contribution in [0.25, 0.3) is 0 Å². The zero-order valence-electron chi connectivity index (χ0n) is 9.40. The van der Waals surface area contributed by atoms with Crippen LogP contribution in [0.3, 0.4) is 0 Å². The lowest BCUT2D eigenvalue weighted by atomic mass is 9.95. The quantitative estimate of drug-likeness (QED) is 0.702. The molecule has 1 heterocycles. The highest BCUT2D eigenvalue weighted by Gasteiger charge is 2.33. The Morgan fingerprint density at radius 1 is 1.47 bits per heavy atom. The molecule has 4 nitrogen and oxygen atoms in total. The summed E-state index contributed by atoms with van der Waals surface area (Å²) in [5.41, 5.74) is 0.532. The summed E-state index contributed by atoms with van der Waals surface area (Å²) < 4.78 is 23.1. The number of hydrogen-bond acceptors (Lipinski definition) is 4. The van der Waals surface area contributed by atoms with Gasteiger partial charge >= 0.3 is 11.9 Å². The summed E-state index contributed by atoms with van der Waals surface area (Å²) in [5.74, 6) is -1.19. The minimum absolute atomic E-state index is 0.0819. The molecule has 17 heavy (non-hydrogen) atoms. The van der Waals surface area contributed by atoms with Crippen LogP contribution in [0.1, 0.15) is 39.4 Å². The fraction of sp³-hybridized carbons (Fsp3) is 0.333. The molecule has 5 heteroatoms. The maximum absolute atomic E-state index is 13.8. The molecule has 1 aromatic carbocycles. The second kappa shape index (κ2) is 4.16. The number of rotatable bonds is 1. The molecule has 1 aliphatic heterocycles. The molecule has 90 valence electrons. The van der Waals surface area contributed by atoms with Gasteiger partial charge in [-0.05, 0) is 19.1 Å². The third-order valence-corrected chi connectivity index (χ3v) is 2.70. The Bertz CT molecular complexity index is 483. The third-order valence-electron chi connectivity index (χ3n) is 2.70. The van der Waals surface area contributed by atoms with Gasteiger partial charge in [-0.1, -0.05) is 6.07 Å². The highest BCUT2D eigenvalue weighted by Crippen LogP contribution is 2.32. The van der Waals surface area contributed by atoms with E-state index in [9.17, 15) is 14.0 Å². The van der Waals surface area contributed by atoms with Crippen molar-refractivity contribution in [2.24, 2.45) is 0 Å². The van der Waals surface area contributed by atoms with Gasteiger partial charge in [0.15, 0.2) is 6.17 Å². The second-order valence-corrected chi connectivity index (χ2v) is 3.81. The van der Waals surface area contributed by atoms with Crippen molar-refractivity contribution in [3.63, 3.8) is 0 Å². The Morgan fingerprint density at radius 3 is 2.82 bits per heavy atom. The highest BCUT2D eigenvalue weighted by atomic mass is 19.1. The van der Waals surface area contributed by atoms with E-state index < -0.39 is 24.2 Å². The smallest absolute Gasteiger partial charge is 0.338 e. The number of cyclic esters (lactones) is 1. The van der Waals surface area contributed by atoms with Crippen molar-refractivity contribution >= 4 is 11.9 Å². The first-order chi connectivity index (χ1) is 8.04. The number of benzene rings is 1. The summed E-state index contributed by atoms with van der Waals surface area (Å²) >= 11 is 0. The lowest BCUT2D eigenvalue weighted by Gasteiger charge is -2.25. The summed E-state index contributed by atoms with van der Waals surface area (Å²) in [4.78, 5) is 22.8. The molecule has 1 aliphatic rings. The fourth-order valence-electron chi connectivity index (χ4n) is 1.76. The molecule has 0 radical (unpaired) electrons. The normalized spacial score (nSPS) is 22.6. The molecule has 0 bridgehead atoms. The molecule has 0 N–H and O–H groups in total. The van der Waals surface area contributed by atoms with Gasteiger partial charge in [0.25, 0.3) is 0 Å². The lowest BCUT2D eigenvalue weighted by molar-refractivity contribution is 0.00402. The number of hydrogen-bond donors (Lipinski definition) is 0. The van der Waals surface area contributed by atoms with Crippen LogP contribution in [-0.2, 0) is 9.47 Å². The third kappa shape index (κ3) is 1.88. The van der Waals surface area contributed by atoms with Crippen LogP contribution in [0.4, 0.5) is 4.39 Å². The van der Waals surface area contributed by atoms with Crippen molar-refractivity contribution < 1.29 is 23.5 Å². The molecule has 0 saturated heterocycles. The Hall–Kier alpha value is -1.91. The number of methoxy groups -OCH3 is 1. The molecular formula is C12H11FO4. The largest absolute Gasteiger partial charge is 0.465 e. The molecule has 0 aliphatic carbocycles. The Kier molecular flexibility index (Phi) is 2.83. The molecule has 0 unspecified atom stereocenters. The van der Waals surface area contributed by atoms with Crippen molar-refractivity contribution in [3.8, 4) is 0 Å². The number of alkyl halides is 1. The van der Waals surface area contributed by atoms with Gasteiger partial charge in [0.1, 0.15) is 6.10 Å². The van der Waals surface area contributed by atoms with E-state index in [0.717, 1.165) is 0 Å². The zero-order valence-corrected chi connectivity index (χ0v) is 9.40. The van der Waals surface area contributed by atoms with Crippen LogP contribution in [-0.4, -0.2) is 25.2 Å². The Morgan fingerprint density at radius 2 is 2.18 bits per heavy atom. The van der Waals surface area contributed by atoms with Crippen LogP contribution in [0.2, 0.25) is 0 Å². The number of halogens is 1. The van der Waals surface area contributed by atoms with Crippen LogP contribution >= 0.6 is 0 Å². The SMILES string of the molecule is COC(=O)c1ccc2c(c1)C(=O)O[C@@H](C)[C@H]2F. The van der Waals surface area contributed by atoms with Gasteiger partial charge in [-0.2, -0.15) is 0 Å². The molecule has 2 rings (SSSR count). The standard InChI is InChI=1S/C12H11FO4/c1-6-10(13)8-4-3-7(11(14)16-2)5-9(8)12(15)17-6/h3-6,10H,1-2H3/t6-,10+/m0/s1. The predicted molar refractivity (Wildman–Crippen MR) is 56.5 cm³/mol. The van der Waals surface area contributed by atoms with Gasteiger partial charge in [-0.25, -0.2) is 14.0 Å². The average Bonchev–Trinajstić information content (AvgIpc) is 2.34. The molecule has 0 fully saturated rings. The Labute approximate surface area is 97.3 Å². The number of carbonyl (C=O) groups is 2. The number of carbonyl (C=O) groups excluding carboxylic acids is 2. The molecule has 0 saturated carbocycles. The van der Waals surface area contributed by atoms with Crippen LogP contribution < -0.4 is 0 Å². The van der Waals surface area contributed by atoms with Crippen molar-refractivity contribution in [3.05, 3.63) is 34.9 Å². The Balaban J connectivity index is 2.48. The second-order valence-electron chi connectivity index (χ2n) is 3.81. The average molecular weight is 238 g/mol. The van der Waals surface area contributed by atoms with E-state index in [1.807, 2.05) is 0 Å². The number of fused-ring (bicyclic) bond motifs is 1. The summed E-state index contributed by atoms with van der Waals surface area (Å²) in [7, 11) is 1.24. The highest BCUT2D eigenvalue weighted by molar-refractivity contribution is 5.97. The topological polar surface area (TPSA) is 52.6 Å². The lowest BCUT2D eigenvalue weighted by Crippen LogP contribution is -2.28. The van der Waals surface area contributed by atoms with E-state index in [1.165, 1.54) is 32.2 Å². The van der Waals surface area contributed by atoms with Gasteiger partial charge in [0, 0.05) is 5.56 Å². The first kappa shape index (κ1) is 11.6. The van der Waals surface area contributed by atoms with Crippen molar-refractivity contribution in [1.82, 2.24) is 0 Å². The molecule has 2 atom stereocenters. The van der Waals surface area contributed by atoms with Crippen molar-refractivity contribution in [2.75, 3.05) is 7.11 Å². The van der Waals surface area contributed by atoms with Gasteiger partial charge in [0.05, 0.1) is 18.2 Å². The summed E-state index contributed by atoms with van der Waals surface area (Å²) in [6.45, 7) is 1.49. The van der Waals surface area contributed by atoms with Gasteiger partial charge in [-0.3, -0.25) is 0 Å². The van der Waals surface area contributed by atoms with E-state index in [1.54, 1.807) is 0 Å². The minimum Gasteiger partial charge on any atom is -0.465 e. The summed E-state index contributed by atoms with van der Waals surface area (Å²) in [6.07, 6.45) is -2.17. The molecular weight excluding hydrogens is 227 g/mol. The van der Waals surface area contributed by atoms with Crippen LogP contribution in [0, 0.1) is 0 Å². The van der Waals surface area contributed by atoms with Gasteiger partial charge in [0.2, 0.25) is 0 Å². The van der Waals surface area contributed by atoms with E-state index in [0.29, 0.717) is 0 Å². The van der Waals surface area contributed by atoms with Gasteiger partial charge < -0.3 is 9.47 Å². The number of esters is 2. The molecule has 1 aromatic rings. The summed E-state index contributed by atoms with van der Waals surface area (Å²) in [6, 6.07) is 4.15. The molecule has 0 spiro atoms. The number of ether oxygens (including phenoxy) is 2. The molecule has 0 aromatic heterocycles. The first-order valence-corrected chi connectivity index (χ1v) is 5.12. The van der Waals surface area contributed by atoms with E-state index in [4.69, 9.17) is 4.74 Å². The summed E-state index contributed by atoms with van der Waals surface area (Å²) in [5, 5.41) is 0. The van der Waals surface area contributed by atoms with Crippen LogP contribution in [0.5, 0.6) is 0 Å². The van der Waals surface area contributed by atoms with E-state index in [2.05, 4.69) is 4.74 Å². The van der Waals surface area contributed by atoms with Crippen LogP contribution in [0.15, 0.2) is 18.2 Å². The first-order valence-electron chi connectivity index (χ1n) is 5.12.